The number of methoxy groups -OCH3 is 1. The van der Waals surface area contributed by atoms with Crippen LogP contribution in [0.1, 0.15) is 6.42 Å². The van der Waals surface area contributed by atoms with Crippen LogP contribution < -0.4 is 10.0 Å². The topological polar surface area (TPSA) is 89.3 Å². The van der Waals surface area contributed by atoms with Gasteiger partial charge < -0.3 is 29.0 Å². The van der Waals surface area contributed by atoms with Gasteiger partial charge in [-0.1, -0.05) is 0 Å². The average Bonchev–Trinajstić information content (AvgIpc) is 2.37. The van der Waals surface area contributed by atoms with E-state index in [2.05, 4.69) is 0 Å². The van der Waals surface area contributed by atoms with Crippen molar-refractivity contribution in [1.82, 2.24) is 0 Å². The molecule has 7 heteroatoms. The Labute approximate surface area is 106 Å². The van der Waals surface area contributed by atoms with Crippen molar-refractivity contribution in [2.45, 2.75) is 12.5 Å². The fourth-order valence-electron chi connectivity index (χ4n) is 1.87. The van der Waals surface area contributed by atoms with E-state index in [0.717, 1.165) is 4.90 Å². The molecule has 1 aliphatic rings. The van der Waals surface area contributed by atoms with E-state index in [1.54, 1.807) is 0 Å². The summed E-state index contributed by atoms with van der Waals surface area (Å²) in [6.45, 7) is 2.65. The van der Waals surface area contributed by atoms with Gasteiger partial charge in [0.2, 0.25) is 0 Å². The van der Waals surface area contributed by atoms with Gasteiger partial charge in [-0.05, 0) is 0 Å². The highest BCUT2D eigenvalue weighted by molar-refractivity contribution is 5.79. The average molecular weight is 261 g/mol. The third-order valence-corrected chi connectivity index (χ3v) is 2.81. The summed E-state index contributed by atoms with van der Waals surface area (Å²) in [5, 5.41) is 10.7. The normalized spacial score (nSPS) is 18.3. The van der Waals surface area contributed by atoms with Crippen molar-refractivity contribution in [3.63, 3.8) is 0 Å². The maximum Gasteiger partial charge on any atom is 0.365 e. The number of aliphatic carboxylic acids is 1. The minimum absolute atomic E-state index is 0.128. The number of morpholine rings is 1. The Bertz CT molecular complexity index is 277. The van der Waals surface area contributed by atoms with Crippen molar-refractivity contribution >= 4 is 11.9 Å². The number of rotatable bonds is 7. The summed E-state index contributed by atoms with van der Waals surface area (Å²) in [4.78, 5) is 23.4. The zero-order chi connectivity index (χ0) is 13.4. The molecule has 1 aliphatic heterocycles. The molecule has 7 nitrogen and oxygen atoms in total. The van der Waals surface area contributed by atoms with Gasteiger partial charge >= 0.3 is 5.97 Å². The lowest BCUT2D eigenvalue weighted by Crippen LogP contribution is -3.18. The van der Waals surface area contributed by atoms with Gasteiger partial charge in [-0.3, -0.25) is 0 Å². The van der Waals surface area contributed by atoms with Gasteiger partial charge in [0.1, 0.15) is 19.7 Å². The first-order chi connectivity index (χ1) is 8.65. The van der Waals surface area contributed by atoms with E-state index in [4.69, 9.17) is 14.2 Å². The maximum absolute atomic E-state index is 11.8. The van der Waals surface area contributed by atoms with Crippen LogP contribution >= 0.6 is 0 Å². The Morgan fingerprint density at radius 1 is 1.33 bits per heavy atom. The van der Waals surface area contributed by atoms with Crippen molar-refractivity contribution in [2.75, 3.05) is 46.6 Å². The minimum atomic E-state index is -1.25. The number of nitrogens with one attached hydrogen (secondary N) is 1. The van der Waals surface area contributed by atoms with Gasteiger partial charge in [0, 0.05) is 13.1 Å². The molecule has 0 bridgehead atoms. The van der Waals surface area contributed by atoms with Gasteiger partial charge in [-0.15, -0.1) is 0 Å². The summed E-state index contributed by atoms with van der Waals surface area (Å²) in [6.07, 6.45) is -0.332. The summed E-state index contributed by atoms with van der Waals surface area (Å²) in [7, 11) is 1.50. The lowest BCUT2D eigenvalue weighted by atomic mass is 10.1. The Hall–Kier alpha value is -1.18. The highest BCUT2D eigenvalue weighted by Crippen LogP contribution is 1.93. The molecule has 1 atom stereocenters. The van der Waals surface area contributed by atoms with Crippen LogP contribution in [0.5, 0.6) is 0 Å². The van der Waals surface area contributed by atoms with E-state index >= 15 is 0 Å². The van der Waals surface area contributed by atoms with Crippen molar-refractivity contribution in [1.29, 1.82) is 0 Å². The molecule has 1 N–H and O–H groups in total. The van der Waals surface area contributed by atoms with Crippen LogP contribution in [-0.4, -0.2) is 64.6 Å². The fraction of sp³-hybridized carbons (Fsp3) is 0.818. The second-order valence-corrected chi connectivity index (χ2v) is 4.06. The number of ether oxygens (including phenoxy) is 3. The minimum Gasteiger partial charge on any atom is -0.550 e. The van der Waals surface area contributed by atoms with Gasteiger partial charge in [-0.25, -0.2) is 4.79 Å². The second-order valence-electron chi connectivity index (χ2n) is 4.06. The standard InChI is InChI=1S/C11H19NO6/c1-16-6-7-18-11(15)9(8-10(13)14)12-2-4-17-5-3-12/h9H,2-8H2,1H3,(H,13,14)/t9-/m0/s1. The van der Waals surface area contributed by atoms with Crippen LogP contribution in [0, 0.1) is 0 Å². The number of carboxylic acids is 1. The second kappa shape index (κ2) is 8.02. The molecule has 0 unspecified atom stereocenters. The fourth-order valence-corrected chi connectivity index (χ4v) is 1.87. The molecular weight excluding hydrogens is 242 g/mol. The number of carbonyl (C=O) groups is 2. The van der Waals surface area contributed by atoms with Crippen LogP contribution in [-0.2, 0) is 23.8 Å². The first-order valence-corrected chi connectivity index (χ1v) is 5.93. The molecule has 0 spiro atoms. The molecule has 0 aromatic carbocycles. The smallest absolute Gasteiger partial charge is 0.365 e. The summed E-state index contributed by atoms with van der Waals surface area (Å²) >= 11 is 0. The van der Waals surface area contributed by atoms with Gasteiger partial charge in [0.15, 0.2) is 6.04 Å². The molecule has 0 aromatic heterocycles. The monoisotopic (exact) mass is 261 g/mol. The van der Waals surface area contributed by atoms with Crippen LogP contribution in [0.3, 0.4) is 0 Å². The van der Waals surface area contributed by atoms with Crippen molar-refractivity contribution in [3.05, 3.63) is 0 Å². The Morgan fingerprint density at radius 2 is 2.00 bits per heavy atom. The molecule has 1 fully saturated rings. The number of quaternary nitrogens is 1. The summed E-state index contributed by atoms with van der Waals surface area (Å²) in [5.41, 5.74) is 0. The molecule has 1 heterocycles. The first-order valence-electron chi connectivity index (χ1n) is 5.93. The van der Waals surface area contributed by atoms with Crippen LogP contribution in [0.2, 0.25) is 0 Å². The van der Waals surface area contributed by atoms with E-state index in [-0.39, 0.29) is 13.0 Å². The zero-order valence-corrected chi connectivity index (χ0v) is 10.5. The van der Waals surface area contributed by atoms with E-state index in [0.29, 0.717) is 32.9 Å². The third kappa shape index (κ3) is 4.99. The third-order valence-electron chi connectivity index (χ3n) is 2.81. The summed E-state index contributed by atoms with van der Waals surface area (Å²) < 4.78 is 14.9. The zero-order valence-electron chi connectivity index (χ0n) is 10.5. The van der Waals surface area contributed by atoms with E-state index in [1.165, 1.54) is 7.11 Å². The quantitative estimate of drug-likeness (QED) is 0.379. The Kier molecular flexibility index (Phi) is 6.63. The van der Waals surface area contributed by atoms with Crippen molar-refractivity contribution in [3.8, 4) is 0 Å². The molecule has 104 valence electrons. The van der Waals surface area contributed by atoms with Crippen LogP contribution in [0.15, 0.2) is 0 Å². The lowest BCUT2D eigenvalue weighted by Gasteiger charge is -2.30. The SMILES string of the molecule is COCCOC(=O)[C@H](CC(=O)[O-])[NH+]1CCOCC1. The molecule has 1 rings (SSSR count). The van der Waals surface area contributed by atoms with Gasteiger partial charge in [0.05, 0.1) is 26.2 Å². The summed E-state index contributed by atoms with van der Waals surface area (Å²) in [5.74, 6) is -1.77. The predicted molar refractivity (Wildman–Crippen MR) is 57.8 cm³/mol. The predicted octanol–water partition coefficient (Wildman–Crippen LogP) is -3.40. The van der Waals surface area contributed by atoms with Crippen molar-refractivity contribution in [2.24, 2.45) is 0 Å². The number of hydrogen-bond donors (Lipinski definition) is 1. The first kappa shape index (κ1) is 14.9. The maximum atomic E-state index is 11.8. The van der Waals surface area contributed by atoms with Crippen LogP contribution in [0.25, 0.3) is 0 Å². The number of carboxylic acid groups (broad SMARTS) is 1. The largest absolute Gasteiger partial charge is 0.550 e. The van der Waals surface area contributed by atoms with E-state index in [1.807, 2.05) is 0 Å². The number of hydrogen-bond acceptors (Lipinski definition) is 6. The molecular formula is C11H19NO6. The molecule has 0 saturated carbocycles. The van der Waals surface area contributed by atoms with Crippen LogP contribution in [0.4, 0.5) is 0 Å². The lowest BCUT2D eigenvalue weighted by molar-refractivity contribution is -0.924. The summed E-state index contributed by atoms with van der Waals surface area (Å²) in [6, 6.07) is -0.726. The molecule has 0 radical (unpaired) electrons. The molecule has 1 saturated heterocycles. The van der Waals surface area contributed by atoms with E-state index in [9.17, 15) is 14.7 Å². The molecule has 0 amide bonds. The van der Waals surface area contributed by atoms with Gasteiger partial charge in [0.25, 0.3) is 0 Å². The van der Waals surface area contributed by atoms with Crippen molar-refractivity contribution < 1.29 is 33.8 Å². The highest BCUT2D eigenvalue weighted by atomic mass is 16.6. The number of esters is 1. The molecule has 18 heavy (non-hydrogen) atoms. The van der Waals surface area contributed by atoms with E-state index < -0.39 is 18.0 Å². The molecule has 0 aliphatic carbocycles. The Balaban J connectivity index is 2.52. The highest BCUT2D eigenvalue weighted by Gasteiger charge is 2.32. The molecule has 0 aromatic rings. The van der Waals surface area contributed by atoms with Gasteiger partial charge in [-0.2, -0.15) is 0 Å². The Morgan fingerprint density at radius 3 is 2.56 bits per heavy atom. The number of carbonyl (C=O) groups excluding carboxylic acids is 2.